The minimum atomic E-state index is -0.320. The van der Waals surface area contributed by atoms with E-state index in [0.29, 0.717) is 24.5 Å². The first-order chi connectivity index (χ1) is 8.20. The number of carbonyl (C=O) groups is 1. The topological polar surface area (TPSA) is 68.7 Å². The van der Waals surface area contributed by atoms with E-state index in [1.54, 1.807) is 13.0 Å². The molecule has 94 valence electrons. The van der Waals surface area contributed by atoms with Gasteiger partial charge >= 0.3 is 5.97 Å². The second-order valence-corrected chi connectivity index (χ2v) is 4.26. The highest BCUT2D eigenvalue weighted by molar-refractivity contribution is 5.90. The van der Waals surface area contributed by atoms with Crippen molar-refractivity contribution in [2.45, 2.75) is 25.9 Å². The van der Waals surface area contributed by atoms with Gasteiger partial charge in [-0.3, -0.25) is 4.90 Å². The maximum absolute atomic E-state index is 11.6. The summed E-state index contributed by atoms with van der Waals surface area (Å²) in [6.45, 7) is 4.58. The van der Waals surface area contributed by atoms with Gasteiger partial charge < -0.3 is 14.9 Å². The third kappa shape index (κ3) is 2.87. The second-order valence-electron chi connectivity index (χ2n) is 4.26. The van der Waals surface area contributed by atoms with E-state index in [4.69, 9.17) is 14.9 Å². The molecule has 1 saturated heterocycles. The van der Waals surface area contributed by atoms with Crippen LogP contribution in [0.15, 0.2) is 16.7 Å². The predicted molar refractivity (Wildman–Crippen MR) is 62.5 cm³/mol. The highest BCUT2D eigenvalue weighted by atomic mass is 16.5. The number of nitrogens with two attached hydrogens (primary N) is 1. The Kier molecular flexibility index (Phi) is 3.81. The zero-order valence-corrected chi connectivity index (χ0v) is 10.0. The second kappa shape index (κ2) is 5.33. The third-order valence-corrected chi connectivity index (χ3v) is 2.92. The summed E-state index contributed by atoms with van der Waals surface area (Å²) in [6.07, 6.45) is 2.52. The number of hydrogen-bond acceptors (Lipinski definition) is 5. The normalized spacial score (nSPS) is 20.7. The van der Waals surface area contributed by atoms with Gasteiger partial charge in [-0.15, -0.1) is 0 Å². The molecule has 1 atom stereocenters. The molecule has 5 nitrogen and oxygen atoms in total. The van der Waals surface area contributed by atoms with Crippen LogP contribution < -0.4 is 5.73 Å². The van der Waals surface area contributed by atoms with Gasteiger partial charge in [0.25, 0.3) is 0 Å². The van der Waals surface area contributed by atoms with Gasteiger partial charge in [0.1, 0.15) is 11.3 Å². The Bertz CT molecular complexity index is 389. The van der Waals surface area contributed by atoms with E-state index in [9.17, 15) is 4.79 Å². The van der Waals surface area contributed by atoms with Crippen LogP contribution in [-0.2, 0) is 11.3 Å². The fourth-order valence-electron chi connectivity index (χ4n) is 2.06. The first-order valence-electron chi connectivity index (χ1n) is 5.92. The molecule has 0 radical (unpaired) electrons. The zero-order valence-electron chi connectivity index (χ0n) is 10.0. The number of nitrogens with zero attached hydrogens (tertiary/aromatic N) is 1. The minimum Gasteiger partial charge on any atom is -0.467 e. The minimum absolute atomic E-state index is 0.232. The van der Waals surface area contributed by atoms with Crippen molar-refractivity contribution in [3.63, 3.8) is 0 Å². The summed E-state index contributed by atoms with van der Waals surface area (Å²) in [6, 6.07) is 1.89. The van der Waals surface area contributed by atoms with E-state index in [1.165, 1.54) is 6.26 Å². The highest BCUT2D eigenvalue weighted by Gasteiger charge is 2.23. The molecule has 1 aromatic rings. The van der Waals surface area contributed by atoms with E-state index in [2.05, 4.69) is 4.90 Å². The third-order valence-electron chi connectivity index (χ3n) is 2.92. The number of esters is 1. The number of carbonyl (C=O) groups excluding carboxylic acids is 1. The molecule has 0 spiro atoms. The average Bonchev–Trinajstić information content (AvgIpc) is 2.89. The number of likely N-dealkylation sites (tertiary alicyclic amines) is 1. The Morgan fingerprint density at radius 1 is 1.71 bits per heavy atom. The van der Waals surface area contributed by atoms with Crippen LogP contribution in [-0.4, -0.2) is 36.6 Å². The molecule has 17 heavy (non-hydrogen) atoms. The largest absolute Gasteiger partial charge is 0.467 e. The van der Waals surface area contributed by atoms with Crippen LogP contribution in [0.4, 0.5) is 0 Å². The Morgan fingerprint density at radius 2 is 2.53 bits per heavy atom. The molecule has 0 aromatic carbocycles. The van der Waals surface area contributed by atoms with Crippen molar-refractivity contribution < 1.29 is 13.9 Å². The number of rotatable bonds is 4. The molecule has 5 heteroatoms. The van der Waals surface area contributed by atoms with Gasteiger partial charge in [0.2, 0.25) is 0 Å². The van der Waals surface area contributed by atoms with Gasteiger partial charge in [0, 0.05) is 19.1 Å². The molecule has 1 aliphatic heterocycles. The lowest BCUT2D eigenvalue weighted by Gasteiger charge is -2.13. The summed E-state index contributed by atoms with van der Waals surface area (Å²) in [5.74, 6) is 0.345. The number of ether oxygens (including phenoxy) is 1. The van der Waals surface area contributed by atoms with Crippen molar-refractivity contribution in [2.24, 2.45) is 5.73 Å². The van der Waals surface area contributed by atoms with Crippen molar-refractivity contribution in [1.29, 1.82) is 0 Å². The fourth-order valence-corrected chi connectivity index (χ4v) is 2.06. The maximum Gasteiger partial charge on any atom is 0.341 e. The molecule has 2 rings (SSSR count). The molecule has 2 N–H and O–H groups in total. The average molecular weight is 238 g/mol. The lowest BCUT2D eigenvalue weighted by Crippen LogP contribution is -2.26. The van der Waals surface area contributed by atoms with Gasteiger partial charge in [0.15, 0.2) is 0 Å². The smallest absolute Gasteiger partial charge is 0.341 e. The molecule has 1 aromatic heterocycles. The molecule has 1 aliphatic rings. The van der Waals surface area contributed by atoms with Crippen LogP contribution in [0, 0.1) is 0 Å². The Morgan fingerprint density at radius 3 is 3.18 bits per heavy atom. The lowest BCUT2D eigenvalue weighted by atomic mass is 10.2. The first-order valence-corrected chi connectivity index (χ1v) is 5.92. The van der Waals surface area contributed by atoms with Crippen molar-refractivity contribution in [1.82, 2.24) is 4.90 Å². The molecule has 0 amide bonds. The van der Waals surface area contributed by atoms with Crippen LogP contribution in [0.25, 0.3) is 0 Å². The van der Waals surface area contributed by atoms with Crippen LogP contribution in [0.5, 0.6) is 0 Å². The molecular formula is C12H18N2O3. The van der Waals surface area contributed by atoms with E-state index < -0.39 is 0 Å². The van der Waals surface area contributed by atoms with E-state index in [-0.39, 0.29) is 12.0 Å². The number of furan rings is 1. The number of hydrogen-bond donors (Lipinski definition) is 1. The fraction of sp³-hybridized carbons (Fsp3) is 0.583. The van der Waals surface area contributed by atoms with Crippen molar-refractivity contribution in [3.8, 4) is 0 Å². The van der Waals surface area contributed by atoms with Crippen molar-refractivity contribution in [3.05, 3.63) is 23.7 Å². The predicted octanol–water partition coefficient (Wildman–Crippen LogP) is 0.989. The van der Waals surface area contributed by atoms with Gasteiger partial charge in [-0.2, -0.15) is 0 Å². The first kappa shape index (κ1) is 12.1. The molecule has 1 unspecified atom stereocenters. The Labute approximate surface area is 101 Å². The van der Waals surface area contributed by atoms with Gasteiger partial charge in [-0.25, -0.2) is 4.79 Å². The van der Waals surface area contributed by atoms with Gasteiger partial charge in [-0.05, 0) is 19.4 Å². The summed E-state index contributed by atoms with van der Waals surface area (Å²) < 4.78 is 10.3. The lowest BCUT2D eigenvalue weighted by molar-refractivity contribution is 0.0522. The molecule has 0 aliphatic carbocycles. The van der Waals surface area contributed by atoms with Gasteiger partial charge in [-0.1, -0.05) is 0 Å². The van der Waals surface area contributed by atoms with E-state index in [0.717, 1.165) is 19.5 Å². The van der Waals surface area contributed by atoms with Crippen molar-refractivity contribution in [2.75, 3.05) is 19.7 Å². The van der Waals surface area contributed by atoms with Crippen LogP contribution >= 0.6 is 0 Å². The summed E-state index contributed by atoms with van der Waals surface area (Å²) >= 11 is 0. The summed E-state index contributed by atoms with van der Waals surface area (Å²) in [5, 5.41) is 0. The molecule has 1 fully saturated rings. The summed E-state index contributed by atoms with van der Waals surface area (Å²) in [7, 11) is 0. The van der Waals surface area contributed by atoms with Crippen LogP contribution in [0.3, 0.4) is 0 Å². The monoisotopic (exact) mass is 238 g/mol. The van der Waals surface area contributed by atoms with Crippen LogP contribution in [0.1, 0.15) is 29.5 Å². The summed E-state index contributed by atoms with van der Waals surface area (Å²) in [4.78, 5) is 13.8. The van der Waals surface area contributed by atoms with Crippen molar-refractivity contribution >= 4 is 5.97 Å². The molecular weight excluding hydrogens is 220 g/mol. The zero-order chi connectivity index (χ0) is 12.3. The van der Waals surface area contributed by atoms with E-state index in [1.807, 2.05) is 0 Å². The highest BCUT2D eigenvalue weighted by Crippen LogP contribution is 2.17. The van der Waals surface area contributed by atoms with Crippen LogP contribution in [0.2, 0.25) is 0 Å². The SMILES string of the molecule is CCOC(=O)c1ccoc1CN1CCC(N)C1. The van der Waals surface area contributed by atoms with Gasteiger partial charge in [0.05, 0.1) is 19.4 Å². The Hall–Kier alpha value is -1.33. The molecule has 2 heterocycles. The van der Waals surface area contributed by atoms with E-state index >= 15 is 0 Å². The Balaban J connectivity index is 2.01. The molecule has 0 saturated carbocycles. The summed E-state index contributed by atoms with van der Waals surface area (Å²) in [5.41, 5.74) is 6.36. The standard InChI is InChI=1S/C12H18N2O3/c1-2-16-12(15)10-4-6-17-11(10)8-14-5-3-9(13)7-14/h4,6,9H,2-3,5,7-8,13H2,1H3. The maximum atomic E-state index is 11.6. The molecule has 0 bridgehead atoms. The quantitative estimate of drug-likeness (QED) is 0.792.